The minimum absolute atomic E-state index is 0.468. The molecule has 2 nitrogen and oxygen atoms in total. The summed E-state index contributed by atoms with van der Waals surface area (Å²) in [5.74, 6) is 1.59. The summed E-state index contributed by atoms with van der Waals surface area (Å²) in [6.45, 7) is 3.49. The van der Waals surface area contributed by atoms with Crippen LogP contribution in [0.4, 0.5) is 0 Å². The lowest BCUT2D eigenvalue weighted by molar-refractivity contribution is 0.0444. The van der Waals surface area contributed by atoms with Crippen LogP contribution in [0.3, 0.4) is 0 Å². The summed E-state index contributed by atoms with van der Waals surface area (Å²) in [6, 6.07) is 11.2. The van der Waals surface area contributed by atoms with Gasteiger partial charge in [0.15, 0.2) is 0 Å². The summed E-state index contributed by atoms with van der Waals surface area (Å²) in [7, 11) is 0. The molecule has 0 spiro atoms. The Morgan fingerprint density at radius 2 is 1.82 bits per heavy atom. The number of likely N-dealkylation sites (tertiary alicyclic amines) is 1. The van der Waals surface area contributed by atoms with Crippen molar-refractivity contribution in [2.45, 2.75) is 31.8 Å². The Morgan fingerprint density at radius 1 is 1.12 bits per heavy atom. The maximum Gasteiger partial charge on any atom is 0.0234 e. The van der Waals surface area contributed by atoms with E-state index < -0.39 is 0 Å². The maximum atomic E-state index is 6.31. The van der Waals surface area contributed by atoms with Gasteiger partial charge >= 0.3 is 0 Å². The van der Waals surface area contributed by atoms with Crippen LogP contribution in [0.2, 0.25) is 0 Å². The molecule has 0 amide bonds. The van der Waals surface area contributed by atoms with E-state index in [0.717, 1.165) is 18.4 Å². The van der Waals surface area contributed by atoms with Gasteiger partial charge in [-0.3, -0.25) is 4.90 Å². The average molecular weight is 230 g/mol. The van der Waals surface area contributed by atoms with Crippen LogP contribution in [-0.4, -0.2) is 24.0 Å². The quantitative estimate of drug-likeness (QED) is 0.859. The average Bonchev–Trinajstić information content (AvgIpc) is 2.21. The molecule has 92 valence electrons. The molecule has 0 radical (unpaired) electrons. The van der Waals surface area contributed by atoms with Crippen LogP contribution in [0.15, 0.2) is 30.3 Å². The van der Waals surface area contributed by atoms with Crippen molar-refractivity contribution in [3.05, 3.63) is 35.9 Å². The lowest BCUT2D eigenvalue weighted by atomic mass is 9.73. The molecule has 1 aliphatic carbocycles. The van der Waals surface area contributed by atoms with Gasteiger partial charge in [-0.05, 0) is 30.2 Å². The van der Waals surface area contributed by atoms with Crippen LogP contribution in [-0.2, 0) is 6.54 Å². The van der Waals surface area contributed by atoms with E-state index in [-0.39, 0.29) is 0 Å². The third kappa shape index (κ3) is 2.38. The standard InChI is InChI=1S/C15H22N2/c16-15(13-7-4-8-13)14-10-17(11-14)9-12-5-2-1-3-6-12/h1-3,5-6,13-15H,4,7-11,16H2. The predicted molar refractivity (Wildman–Crippen MR) is 70.5 cm³/mol. The van der Waals surface area contributed by atoms with Crippen molar-refractivity contribution in [3.63, 3.8) is 0 Å². The fourth-order valence-electron chi connectivity index (χ4n) is 3.03. The van der Waals surface area contributed by atoms with E-state index in [9.17, 15) is 0 Å². The van der Waals surface area contributed by atoms with Gasteiger partial charge in [0.05, 0.1) is 0 Å². The first-order chi connectivity index (χ1) is 8.33. The molecule has 17 heavy (non-hydrogen) atoms. The van der Waals surface area contributed by atoms with Crippen LogP contribution in [0.25, 0.3) is 0 Å². The monoisotopic (exact) mass is 230 g/mol. The summed E-state index contributed by atoms with van der Waals surface area (Å²) < 4.78 is 0. The molecule has 1 aromatic rings. The molecule has 2 heteroatoms. The van der Waals surface area contributed by atoms with E-state index >= 15 is 0 Å². The second-order valence-electron chi connectivity index (χ2n) is 5.71. The summed E-state index contributed by atoms with van der Waals surface area (Å²) >= 11 is 0. The largest absolute Gasteiger partial charge is 0.327 e. The van der Waals surface area contributed by atoms with Crippen molar-refractivity contribution >= 4 is 0 Å². The van der Waals surface area contributed by atoms with Gasteiger partial charge in [0.2, 0.25) is 0 Å². The number of hydrogen-bond donors (Lipinski definition) is 1. The summed E-state index contributed by atoms with van der Waals surface area (Å²) in [5.41, 5.74) is 7.73. The minimum Gasteiger partial charge on any atom is -0.327 e. The molecule has 1 aliphatic heterocycles. The number of nitrogens with zero attached hydrogens (tertiary/aromatic N) is 1. The molecule has 1 unspecified atom stereocenters. The van der Waals surface area contributed by atoms with Crippen molar-refractivity contribution in [1.29, 1.82) is 0 Å². The Bertz CT molecular complexity index is 352. The van der Waals surface area contributed by atoms with Crippen molar-refractivity contribution in [2.75, 3.05) is 13.1 Å². The molecule has 1 heterocycles. The normalized spacial score (nSPS) is 24.1. The SMILES string of the molecule is NC(C1CCC1)C1CN(Cc2ccccc2)C1. The van der Waals surface area contributed by atoms with Gasteiger partial charge in [-0.15, -0.1) is 0 Å². The van der Waals surface area contributed by atoms with Gasteiger partial charge in [0.1, 0.15) is 0 Å². The topological polar surface area (TPSA) is 29.3 Å². The van der Waals surface area contributed by atoms with Crippen molar-refractivity contribution in [2.24, 2.45) is 17.6 Å². The minimum atomic E-state index is 0.468. The highest BCUT2D eigenvalue weighted by molar-refractivity contribution is 5.15. The zero-order valence-corrected chi connectivity index (χ0v) is 10.4. The third-order valence-corrected chi connectivity index (χ3v) is 4.47. The van der Waals surface area contributed by atoms with Crippen molar-refractivity contribution in [3.8, 4) is 0 Å². The van der Waals surface area contributed by atoms with Gasteiger partial charge < -0.3 is 5.73 Å². The maximum absolute atomic E-state index is 6.31. The van der Waals surface area contributed by atoms with Gasteiger partial charge in [0, 0.05) is 25.7 Å². The van der Waals surface area contributed by atoms with E-state index in [1.807, 2.05) is 0 Å². The van der Waals surface area contributed by atoms with Crippen LogP contribution in [0.5, 0.6) is 0 Å². The number of nitrogens with two attached hydrogens (primary N) is 1. The highest BCUT2D eigenvalue weighted by atomic mass is 15.2. The zero-order valence-electron chi connectivity index (χ0n) is 10.4. The van der Waals surface area contributed by atoms with E-state index in [0.29, 0.717) is 6.04 Å². The molecule has 2 N–H and O–H groups in total. The van der Waals surface area contributed by atoms with Crippen LogP contribution in [0, 0.1) is 11.8 Å². The first-order valence-electron chi connectivity index (χ1n) is 6.85. The Hall–Kier alpha value is -0.860. The molecular weight excluding hydrogens is 208 g/mol. The fraction of sp³-hybridized carbons (Fsp3) is 0.600. The molecule has 1 saturated heterocycles. The van der Waals surface area contributed by atoms with E-state index in [1.54, 1.807) is 0 Å². The summed E-state index contributed by atoms with van der Waals surface area (Å²) in [6.07, 6.45) is 4.14. The first-order valence-corrected chi connectivity index (χ1v) is 6.85. The second-order valence-corrected chi connectivity index (χ2v) is 5.71. The van der Waals surface area contributed by atoms with Crippen LogP contribution < -0.4 is 5.73 Å². The Morgan fingerprint density at radius 3 is 2.41 bits per heavy atom. The molecular formula is C15H22N2. The zero-order chi connectivity index (χ0) is 11.7. The Balaban J connectivity index is 1.45. The van der Waals surface area contributed by atoms with E-state index in [4.69, 9.17) is 5.73 Å². The highest BCUT2D eigenvalue weighted by Crippen LogP contribution is 2.34. The van der Waals surface area contributed by atoms with E-state index in [2.05, 4.69) is 35.2 Å². The Labute approximate surface area is 104 Å². The van der Waals surface area contributed by atoms with Crippen molar-refractivity contribution in [1.82, 2.24) is 4.90 Å². The van der Waals surface area contributed by atoms with Gasteiger partial charge in [-0.25, -0.2) is 0 Å². The number of hydrogen-bond acceptors (Lipinski definition) is 2. The van der Waals surface area contributed by atoms with E-state index in [1.165, 1.54) is 37.9 Å². The lowest BCUT2D eigenvalue weighted by Crippen LogP contribution is -2.56. The van der Waals surface area contributed by atoms with Gasteiger partial charge in [-0.1, -0.05) is 36.8 Å². The lowest BCUT2D eigenvalue weighted by Gasteiger charge is -2.46. The Kier molecular flexibility index (Phi) is 3.17. The molecule has 1 aromatic carbocycles. The summed E-state index contributed by atoms with van der Waals surface area (Å²) in [4.78, 5) is 2.51. The number of rotatable bonds is 4. The molecule has 3 rings (SSSR count). The highest BCUT2D eigenvalue weighted by Gasteiger charge is 2.37. The third-order valence-electron chi connectivity index (χ3n) is 4.47. The molecule has 2 aliphatic rings. The molecule has 1 saturated carbocycles. The molecule has 1 atom stereocenters. The molecule has 0 aromatic heterocycles. The summed E-state index contributed by atoms with van der Waals surface area (Å²) in [5, 5.41) is 0. The fourth-order valence-corrected chi connectivity index (χ4v) is 3.03. The second kappa shape index (κ2) is 4.79. The first kappa shape index (κ1) is 11.2. The van der Waals surface area contributed by atoms with Gasteiger partial charge in [-0.2, -0.15) is 0 Å². The smallest absolute Gasteiger partial charge is 0.0234 e. The predicted octanol–water partition coefficient (Wildman–Crippen LogP) is 2.25. The molecule has 0 bridgehead atoms. The van der Waals surface area contributed by atoms with Gasteiger partial charge in [0.25, 0.3) is 0 Å². The van der Waals surface area contributed by atoms with Crippen molar-refractivity contribution < 1.29 is 0 Å². The molecule has 2 fully saturated rings. The van der Waals surface area contributed by atoms with Crippen LogP contribution >= 0.6 is 0 Å². The van der Waals surface area contributed by atoms with Crippen LogP contribution in [0.1, 0.15) is 24.8 Å². The number of benzene rings is 1.